The van der Waals surface area contributed by atoms with Gasteiger partial charge in [-0.2, -0.15) is 0 Å². The molecule has 3 rings (SSSR count). The summed E-state index contributed by atoms with van der Waals surface area (Å²) in [5.41, 5.74) is 1.61. The van der Waals surface area contributed by atoms with Crippen molar-refractivity contribution in [1.82, 2.24) is 10.2 Å². The van der Waals surface area contributed by atoms with Crippen LogP contribution in [0.5, 0.6) is 0 Å². The molecule has 2 N–H and O–H groups in total. The third-order valence-corrected chi connectivity index (χ3v) is 4.93. The summed E-state index contributed by atoms with van der Waals surface area (Å²) in [5, 5.41) is 5.72. The van der Waals surface area contributed by atoms with Crippen LogP contribution in [0.15, 0.2) is 24.3 Å². The van der Waals surface area contributed by atoms with Gasteiger partial charge in [0.2, 0.25) is 5.91 Å². The van der Waals surface area contributed by atoms with Crippen molar-refractivity contribution < 1.29 is 14.3 Å². The standard InChI is InChI=1S/C19H28N4O3/c1-15-3-8-18(24)23(15)17-6-4-16(5-7-17)21-19(25)20-9-2-10-22-11-13-26-14-12-22/h4-7,15H,2-3,8-14H2,1H3,(H2,20,21,25)/t15-/m0/s1. The van der Waals surface area contributed by atoms with Crippen LogP contribution in [0.4, 0.5) is 16.2 Å². The van der Waals surface area contributed by atoms with Crippen LogP contribution in [-0.2, 0) is 9.53 Å². The third kappa shape index (κ3) is 4.95. The molecule has 2 heterocycles. The minimum Gasteiger partial charge on any atom is -0.379 e. The Bertz CT molecular complexity index is 614. The molecule has 7 nitrogen and oxygen atoms in total. The lowest BCUT2D eigenvalue weighted by molar-refractivity contribution is -0.117. The molecule has 2 fully saturated rings. The van der Waals surface area contributed by atoms with Crippen LogP contribution in [0.2, 0.25) is 0 Å². The summed E-state index contributed by atoms with van der Waals surface area (Å²) in [4.78, 5) is 28.1. The lowest BCUT2D eigenvalue weighted by Gasteiger charge is -2.26. The van der Waals surface area contributed by atoms with E-state index in [0.717, 1.165) is 57.1 Å². The third-order valence-electron chi connectivity index (χ3n) is 4.93. The number of carbonyl (C=O) groups excluding carboxylic acids is 2. The Morgan fingerprint density at radius 2 is 1.96 bits per heavy atom. The van der Waals surface area contributed by atoms with E-state index in [0.29, 0.717) is 13.0 Å². The van der Waals surface area contributed by atoms with Crippen LogP contribution >= 0.6 is 0 Å². The average molecular weight is 360 g/mol. The summed E-state index contributed by atoms with van der Waals surface area (Å²) in [7, 11) is 0. The number of nitrogens with zero attached hydrogens (tertiary/aromatic N) is 2. The number of benzene rings is 1. The zero-order valence-electron chi connectivity index (χ0n) is 15.4. The molecule has 0 saturated carbocycles. The molecule has 2 aliphatic heterocycles. The number of nitrogens with one attached hydrogen (secondary N) is 2. The van der Waals surface area contributed by atoms with Gasteiger partial charge in [0.1, 0.15) is 0 Å². The molecule has 0 unspecified atom stereocenters. The lowest BCUT2D eigenvalue weighted by atomic mass is 10.2. The second kappa shape index (κ2) is 9.00. The zero-order chi connectivity index (χ0) is 18.4. The molecule has 1 atom stereocenters. The summed E-state index contributed by atoms with van der Waals surface area (Å²) < 4.78 is 5.32. The summed E-state index contributed by atoms with van der Waals surface area (Å²) in [6.45, 7) is 7.20. The van der Waals surface area contributed by atoms with E-state index in [4.69, 9.17) is 4.74 Å². The molecule has 0 aromatic heterocycles. The summed E-state index contributed by atoms with van der Waals surface area (Å²) in [5.74, 6) is 0.163. The summed E-state index contributed by atoms with van der Waals surface area (Å²) >= 11 is 0. The van der Waals surface area contributed by atoms with Crippen molar-refractivity contribution in [2.45, 2.75) is 32.2 Å². The van der Waals surface area contributed by atoms with E-state index in [1.165, 1.54) is 0 Å². The highest BCUT2D eigenvalue weighted by Gasteiger charge is 2.28. The summed E-state index contributed by atoms with van der Waals surface area (Å²) in [6.07, 6.45) is 2.42. The summed E-state index contributed by atoms with van der Waals surface area (Å²) in [6, 6.07) is 7.46. The number of carbonyl (C=O) groups is 2. The maximum atomic E-state index is 12.0. The van der Waals surface area contributed by atoms with Crippen molar-refractivity contribution in [1.29, 1.82) is 0 Å². The molecule has 2 aliphatic rings. The molecule has 0 aliphatic carbocycles. The van der Waals surface area contributed by atoms with Gasteiger partial charge in [0.25, 0.3) is 0 Å². The molecule has 3 amide bonds. The first-order valence-corrected chi connectivity index (χ1v) is 9.40. The van der Waals surface area contributed by atoms with Gasteiger partial charge in [-0.25, -0.2) is 4.79 Å². The Kier molecular flexibility index (Phi) is 6.46. The van der Waals surface area contributed by atoms with Crippen molar-refractivity contribution in [3.05, 3.63) is 24.3 Å². The molecule has 26 heavy (non-hydrogen) atoms. The molecule has 142 valence electrons. The second-order valence-corrected chi connectivity index (χ2v) is 6.89. The number of urea groups is 1. The lowest BCUT2D eigenvalue weighted by Crippen LogP contribution is -2.38. The molecular weight excluding hydrogens is 332 g/mol. The highest BCUT2D eigenvalue weighted by atomic mass is 16.5. The molecule has 0 bridgehead atoms. The van der Waals surface area contributed by atoms with E-state index >= 15 is 0 Å². The van der Waals surface area contributed by atoms with Crippen LogP contribution in [0, 0.1) is 0 Å². The van der Waals surface area contributed by atoms with Gasteiger partial charge in [-0.05, 0) is 50.6 Å². The predicted octanol–water partition coefficient (Wildman–Crippen LogP) is 2.05. The molecular formula is C19H28N4O3. The SMILES string of the molecule is C[C@H]1CCC(=O)N1c1ccc(NC(=O)NCCCN2CCOCC2)cc1. The van der Waals surface area contributed by atoms with Gasteiger partial charge in [0.05, 0.1) is 13.2 Å². The topological polar surface area (TPSA) is 73.9 Å². The number of morpholine rings is 1. The molecule has 1 aromatic rings. The Labute approximate surface area is 154 Å². The van der Waals surface area contributed by atoms with Crippen molar-refractivity contribution in [2.24, 2.45) is 0 Å². The first-order chi connectivity index (χ1) is 12.6. The first kappa shape index (κ1) is 18.7. The number of hydrogen-bond acceptors (Lipinski definition) is 4. The quantitative estimate of drug-likeness (QED) is 0.762. The van der Waals surface area contributed by atoms with Gasteiger partial charge < -0.3 is 20.3 Å². The molecule has 0 radical (unpaired) electrons. The van der Waals surface area contributed by atoms with Gasteiger partial charge in [0, 0.05) is 43.5 Å². The van der Waals surface area contributed by atoms with Gasteiger partial charge in [0.15, 0.2) is 0 Å². The number of anilines is 2. The Morgan fingerprint density at radius 3 is 2.62 bits per heavy atom. The van der Waals surface area contributed by atoms with Crippen molar-refractivity contribution >= 4 is 23.3 Å². The minimum atomic E-state index is -0.203. The van der Waals surface area contributed by atoms with Crippen LogP contribution < -0.4 is 15.5 Å². The largest absolute Gasteiger partial charge is 0.379 e. The smallest absolute Gasteiger partial charge is 0.319 e. The van der Waals surface area contributed by atoms with Gasteiger partial charge in [-0.1, -0.05) is 0 Å². The Morgan fingerprint density at radius 1 is 1.23 bits per heavy atom. The van der Waals surface area contributed by atoms with E-state index in [2.05, 4.69) is 22.5 Å². The average Bonchev–Trinajstić information content (AvgIpc) is 2.99. The monoisotopic (exact) mass is 360 g/mol. The van der Waals surface area contributed by atoms with E-state index in [-0.39, 0.29) is 18.0 Å². The van der Waals surface area contributed by atoms with E-state index in [1.54, 1.807) is 0 Å². The number of rotatable bonds is 6. The van der Waals surface area contributed by atoms with Crippen LogP contribution in [0.1, 0.15) is 26.2 Å². The van der Waals surface area contributed by atoms with E-state index in [9.17, 15) is 9.59 Å². The van der Waals surface area contributed by atoms with E-state index < -0.39 is 0 Å². The second-order valence-electron chi connectivity index (χ2n) is 6.89. The molecule has 1 aromatic carbocycles. The minimum absolute atomic E-state index is 0.163. The first-order valence-electron chi connectivity index (χ1n) is 9.40. The normalized spacial score (nSPS) is 21.0. The van der Waals surface area contributed by atoms with E-state index in [1.807, 2.05) is 29.2 Å². The van der Waals surface area contributed by atoms with Gasteiger partial charge in [-0.15, -0.1) is 0 Å². The Hall–Kier alpha value is -2.12. The molecule has 0 spiro atoms. The van der Waals surface area contributed by atoms with Crippen molar-refractivity contribution in [2.75, 3.05) is 49.6 Å². The maximum Gasteiger partial charge on any atom is 0.319 e. The number of ether oxygens (including phenoxy) is 1. The maximum absolute atomic E-state index is 12.0. The molecule has 2 saturated heterocycles. The van der Waals surface area contributed by atoms with Crippen LogP contribution in [0.3, 0.4) is 0 Å². The number of amides is 3. The van der Waals surface area contributed by atoms with Crippen molar-refractivity contribution in [3.8, 4) is 0 Å². The van der Waals surface area contributed by atoms with Crippen LogP contribution in [-0.4, -0.2) is 62.3 Å². The zero-order valence-corrected chi connectivity index (χ0v) is 15.4. The van der Waals surface area contributed by atoms with Crippen molar-refractivity contribution in [3.63, 3.8) is 0 Å². The fraction of sp³-hybridized carbons (Fsp3) is 0.579. The van der Waals surface area contributed by atoms with Gasteiger partial charge >= 0.3 is 6.03 Å². The molecule has 7 heteroatoms. The fourth-order valence-electron chi connectivity index (χ4n) is 3.44. The number of hydrogen-bond donors (Lipinski definition) is 2. The van der Waals surface area contributed by atoms with Crippen LogP contribution in [0.25, 0.3) is 0 Å². The van der Waals surface area contributed by atoms with Gasteiger partial charge in [-0.3, -0.25) is 9.69 Å². The highest BCUT2D eigenvalue weighted by Crippen LogP contribution is 2.27. The highest BCUT2D eigenvalue weighted by molar-refractivity contribution is 5.96. The Balaban J connectivity index is 1.39. The fourth-order valence-corrected chi connectivity index (χ4v) is 3.44. The predicted molar refractivity (Wildman–Crippen MR) is 102 cm³/mol.